The zero-order valence-corrected chi connectivity index (χ0v) is 16.1. The summed E-state index contributed by atoms with van der Waals surface area (Å²) in [5, 5.41) is 0.726. The van der Waals surface area contributed by atoms with Crippen LogP contribution in [0.2, 0.25) is 0 Å². The van der Waals surface area contributed by atoms with Gasteiger partial charge < -0.3 is 9.72 Å². The number of rotatable bonds is 4. The lowest BCUT2D eigenvalue weighted by molar-refractivity contribution is -0.152. The molecule has 0 unspecified atom stereocenters. The van der Waals surface area contributed by atoms with Crippen LogP contribution in [0.5, 0.6) is 0 Å². The summed E-state index contributed by atoms with van der Waals surface area (Å²) in [6.45, 7) is 4.37. The second kappa shape index (κ2) is 7.62. The number of fused-ring (bicyclic) bond motifs is 1. The smallest absolute Gasteiger partial charge is 0.326 e. The van der Waals surface area contributed by atoms with Crippen LogP contribution < -0.4 is 4.90 Å². The minimum absolute atomic E-state index is 0.228. The lowest BCUT2D eigenvalue weighted by atomic mass is 10.1. The van der Waals surface area contributed by atoms with E-state index in [0.29, 0.717) is 17.6 Å². The van der Waals surface area contributed by atoms with Crippen molar-refractivity contribution in [1.82, 2.24) is 4.98 Å². The first kappa shape index (κ1) is 20.4. The van der Waals surface area contributed by atoms with E-state index in [2.05, 4.69) is 4.98 Å². The number of esters is 1. The Bertz CT molecular complexity index is 1060. The van der Waals surface area contributed by atoms with Gasteiger partial charge in [0.25, 0.3) is 5.91 Å². The van der Waals surface area contributed by atoms with Gasteiger partial charge in [-0.2, -0.15) is 0 Å². The van der Waals surface area contributed by atoms with Gasteiger partial charge in [0.15, 0.2) is 0 Å². The number of ether oxygens (including phenoxy) is 1. The summed E-state index contributed by atoms with van der Waals surface area (Å²) in [4.78, 5) is 29.3. The Labute approximate surface area is 165 Å². The monoisotopic (exact) mass is 404 g/mol. The summed E-state index contributed by atoms with van der Waals surface area (Å²) in [5.74, 6) is -5.77. The van der Waals surface area contributed by atoms with Crippen LogP contribution in [0.25, 0.3) is 10.9 Å². The van der Waals surface area contributed by atoms with Crippen molar-refractivity contribution in [2.75, 3.05) is 11.4 Å². The highest BCUT2D eigenvalue weighted by Crippen LogP contribution is 2.28. The minimum Gasteiger partial charge on any atom is -0.459 e. The average Bonchev–Trinajstić information content (AvgIpc) is 3.06. The summed E-state index contributed by atoms with van der Waals surface area (Å²) >= 11 is 0. The number of halogens is 3. The molecule has 0 aliphatic heterocycles. The molecule has 5 nitrogen and oxygen atoms in total. The first-order chi connectivity index (χ1) is 13.6. The summed E-state index contributed by atoms with van der Waals surface area (Å²) in [6, 6.07) is 7.51. The molecular weight excluding hydrogens is 385 g/mol. The number of H-pyrrole nitrogens is 1. The number of amides is 1. The average molecular weight is 404 g/mol. The van der Waals surface area contributed by atoms with E-state index < -0.39 is 47.0 Å². The quantitative estimate of drug-likeness (QED) is 0.648. The molecule has 0 aliphatic rings. The Balaban J connectivity index is 2.09. The molecule has 0 fully saturated rings. The molecule has 0 aliphatic carbocycles. The fourth-order valence-corrected chi connectivity index (χ4v) is 2.94. The number of nitrogens with one attached hydrogen (secondary N) is 1. The van der Waals surface area contributed by atoms with Crippen molar-refractivity contribution >= 4 is 28.5 Å². The molecule has 0 spiro atoms. The third-order valence-electron chi connectivity index (χ3n) is 4.03. The van der Waals surface area contributed by atoms with Crippen LogP contribution in [0.4, 0.5) is 18.9 Å². The summed E-state index contributed by atoms with van der Waals surface area (Å²) in [6.07, 6.45) is 1.63. The molecule has 0 radical (unpaired) electrons. The van der Waals surface area contributed by atoms with E-state index in [0.717, 1.165) is 10.3 Å². The van der Waals surface area contributed by atoms with Crippen LogP contribution >= 0.6 is 0 Å². The Kier molecular flexibility index (Phi) is 5.37. The fraction of sp³-hybridized carbons (Fsp3) is 0.238. The van der Waals surface area contributed by atoms with Crippen molar-refractivity contribution in [2.45, 2.75) is 26.4 Å². The predicted octanol–water partition coefficient (Wildman–Crippen LogP) is 4.57. The van der Waals surface area contributed by atoms with Gasteiger partial charge in [0.2, 0.25) is 0 Å². The molecule has 1 heterocycles. The van der Waals surface area contributed by atoms with Gasteiger partial charge in [-0.15, -0.1) is 0 Å². The van der Waals surface area contributed by atoms with E-state index in [1.165, 1.54) is 6.07 Å². The molecule has 3 rings (SSSR count). The number of benzene rings is 2. The van der Waals surface area contributed by atoms with Crippen LogP contribution in [-0.4, -0.2) is 29.0 Å². The van der Waals surface area contributed by atoms with Gasteiger partial charge in [-0.25, -0.2) is 13.2 Å². The number of hydrogen-bond acceptors (Lipinski definition) is 3. The highest BCUT2D eigenvalue weighted by molar-refractivity contribution is 6.12. The molecule has 152 valence electrons. The Morgan fingerprint density at radius 1 is 1.07 bits per heavy atom. The molecule has 0 saturated heterocycles. The molecule has 29 heavy (non-hydrogen) atoms. The van der Waals surface area contributed by atoms with Gasteiger partial charge in [0, 0.05) is 23.7 Å². The first-order valence-electron chi connectivity index (χ1n) is 8.81. The van der Waals surface area contributed by atoms with E-state index in [4.69, 9.17) is 4.74 Å². The maximum absolute atomic E-state index is 14.2. The van der Waals surface area contributed by atoms with E-state index in [1.807, 2.05) is 0 Å². The van der Waals surface area contributed by atoms with Crippen molar-refractivity contribution in [3.05, 3.63) is 65.6 Å². The third kappa shape index (κ3) is 4.42. The van der Waals surface area contributed by atoms with Gasteiger partial charge >= 0.3 is 5.97 Å². The normalized spacial score (nSPS) is 11.5. The Morgan fingerprint density at radius 2 is 1.72 bits per heavy atom. The molecule has 8 heteroatoms. The second-order valence-electron chi connectivity index (χ2n) is 7.44. The molecule has 0 atom stereocenters. The van der Waals surface area contributed by atoms with Gasteiger partial charge in [0.05, 0.1) is 11.2 Å². The van der Waals surface area contributed by atoms with Crippen molar-refractivity contribution < 1.29 is 27.5 Å². The number of carbonyl (C=O) groups excluding carboxylic acids is 2. The number of hydrogen-bond donors (Lipinski definition) is 1. The number of nitrogens with zero attached hydrogens (tertiary/aromatic N) is 1. The summed E-state index contributed by atoms with van der Waals surface area (Å²) < 4.78 is 47.0. The Hall–Kier alpha value is -3.29. The van der Waals surface area contributed by atoms with Gasteiger partial charge in [-0.1, -0.05) is 12.1 Å². The molecule has 1 amide bonds. The van der Waals surface area contributed by atoms with Crippen LogP contribution in [0.1, 0.15) is 31.1 Å². The van der Waals surface area contributed by atoms with Gasteiger partial charge in [0.1, 0.15) is 35.2 Å². The summed E-state index contributed by atoms with van der Waals surface area (Å²) in [7, 11) is 0. The maximum Gasteiger partial charge on any atom is 0.326 e. The standard InChI is InChI=1S/C21H19F3N2O3/c1-21(2,3)29-17(27)11-26(16-6-4-5-12-7-8-25-19(12)16)20(28)18-14(23)9-13(22)10-15(18)24/h4-10,25H,11H2,1-3H3. The topological polar surface area (TPSA) is 62.4 Å². The molecule has 1 N–H and O–H groups in total. The molecule has 0 saturated carbocycles. The van der Waals surface area contributed by atoms with Crippen LogP contribution in [0, 0.1) is 17.5 Å². The van der Waals surface area contributed by atoms with Gasteiger partial charge in [-0.3, -0.25) is 14.5 Å². The number of aromatic nitrogens is 1. The molecule has 3 aromatic rings. The predicted molar refractivity (Wildman–Crippen MR) is 102 cm³/mol. The number of anilines is 1. The number of aromatic amines is 1. The van der Waals surface area contributed by atoms with E-state index in [1.54, 1.807) is 45.2 Å². The van der Waals surface area contributed by atoms with E-state index in [-0.39, 0.29) is 5.69 Å². The first-order valence-corrected chi connectivity index (χ1v) is 8.81. The highest BCUT2D eigenvalue weighted by atomic mass is 19.1. The van der Waals surface area contributed by atoms with Crippen molar-refractivity contribution in [1.29, 1.82) is 0 Å². The third-order valence-corrected chi connectivity index (χ3v) is 4.03. The van der Waals surface area contributed by atoms with E-state index >= 15 is 0 Å². The lowest BCUT2D eigenvalue weighted by Crippen LogP contribution is -2.39. The maximum atomic E-state index is 14.2. The van der Waals surface area contributed by atoms with Crippen molar-refractivity contribution in [3.8, 4) is 0 Å². The zero-order chi connectivity index (χ0) is 21.3. The largest absolute Gasteiger partial charge is 0.459 e. The lowest BCUT2D eigenvalue weighted by Gasteiger charge is -2.26. The molecule has 1 aromatic heterocycles. The van der Waals surface area contributed by atoms with Crippen LogP contribution in [-0.2, 0) is 9.53 Å². The minimum atomic E-state index is -1.36. The van der Waals surface area contributed by atoms with Crippen LogP contribution in [0.15, 0.2) is 42.6 Å². The van der Waals surface area contributed by atoms with Gasteiger partial charge in [-0.05, 0) is 32.9 Å². The Morgan fingerprint density at radius 3 is 2.34 bits per heavy atom. The van der Waals surface area contributed by atoms with E-state index in [9.17, 15) is 22.8 Å². The molecular formula is C21H19F3N2O3. The summed E-state index contributed by atoms with van der Waals surface area (Å²) in [5.41, 5.74) is -1.06. The van der Waals surface area contributed by atoms with Crippen molar-refractivity contribution in [3.63, 3.8) is 0 Å². The van der Waals surface area contributed by atoms with Crippen LogP contribution in [0.3, 0.4) is 0 Å². The molecule has 2 aromatic carbocycles. The SMILES string of the molecule is CC(C)(C)OC(=O)CN(C(=O)c1c(F)cc(F)cc1F)c1cccc2cc[nH]c12. The number of carbonyl (C=O) groups is 2. The zero-order valence-electron chi connectivity index (χ0n) is 16.1. The fourth-order valence-electron chi connectivity index (χ4n) is 2.94. The second-order valence-corrected chi connectivity index (χ2v) is 7.44. The van der Waals surface area contributed by atoms with Crippen molar-refractivity contribution in [2.24, 2.45) is 0 Å². The molecule has 0 bridgehead atoms. The number of para-hydroxylation sites is 1. The highest BCUT2D eigenvalue weighted by Gasteiger charge is 2.30.